The average Bonchev–Trinajstić information content (AvgIpc) is 3.15. The summed E-state index contributed by atoms with van der Waals surface area (Å²) in [5.41, 5.74) is 2.63. The second kappa shape index (κ2) is 7.99. The van der Waals surface area contributed by atoms with Crippen molar-refractivity contribution in [3.8, 4) is 5.75 Å². The van der Waals surface area contributed by atoms with Crippen LogP contribution >= 0.6 is 11.6 Å². The first kappa shape index (κ1) is 19.1. The molecule has 7 heteroatoms. The number of pyridine rings is 1. The van der Waals surface area contributed by atoms with Gasteiger partial charge in [-0.15, -0.1) is 0 Å². The Morgan fingerprint density at radius 2 is 1.93 bits per heavy atom. The van der Waals surface area contributed by atoms with E-state index in [0.29, 0.717) is 10.4 Å². The number of benzene rings is 1. The molecule has 0 spiro atoms. The minimum atomic E-state index is -0.280. The number of nitrogens with zero attached hydrogens (tertiary/aromatic N) is 1. The van der Waals surface area contributed by atoms with Crippen LogP contribution in [0.15, 0.2) is 41.5 Å². The minimum Gasteiger partial charge on any atom is -0.489 e. The van der Waals surface area contributed by atoms with E-state index in [4.69, 9.17) is 21.1 Å². The Labute approximate surface area is 168 Å². The highest BCUT2D eigenvalue weighted by atomic mass is 35.5. The Hall–Kier alpha value is -2.28. The Bertz CT molecular complexity index is 1020. The molecule has 148 valence electrons. The number of hydrogen-bond acceptors (Lipinski definition) is 4. The molecule has 2 aromatic heterocycles. The van der Waals surface area contributed by atoms with Crippen LogP contribution in [0.3, 0.4) is 0 Å². The number of fused-ring (bicyclic) bond motifs is 1. The van der Waals surface area contributed by atoms with Crippen LogP contribution in [0.5, 0.6) is 5.75 Å². The van der Waals surface area contributed by atoms with Crippen molar-refractivity contribution < 1.29 is 9.47 Å². The molecule has 28 heavy (non-hydrogen) atoms. The van der Waals surface area contributed by atoms with Crippen molar-refractivity contribution in [2.24, 2.45) is 0 Å². The second-order valence-corrected chi connectivity index (χ2v) is 7.57. The van der Waals surface area contributed by atoms with E-state index in [2.05, 4.69) is 14.9 Å². The maximum Gasteiger partial charge on any atom is 0.257 e. The molecule has 0 bridgehead atoms. The zero-order valence-corrected chi connectivity index (χ0v) is 16.8. The first-order chi connectivity index (χ1) is 13.6. The molecule has 0 amide bonds. The fraction of sp³-hybridized carbons (Fsp3) is 0.381. The van der Waals surface area contributed by atoms with Gasteiger partial charge in [-0.25, -0.2) is 0 Å². The molecule has 6 nitrogen and oxygen atoms in total. The van der Waals surface area contributed by atoms with Gasteiger partial charge in [-0.1, -0.05) is 23.7 Å². The predicted octanol–water partition coefficient (Wildman–Crippen LogP) is 4.01. The van der Waals surface area contributed by atoms with Gasteiger partial charge >= 0.3 is 0 Å². The fourth-order valence-electron chi connectivity index (χ4n) is 3.93. The fourth-order valence-corrected chi connectivity index (χ4v) is 4.11. The van der Waals surface area contributed by atoms with Gasteiger partial charge in [0.05, 0.1) is 15.9 Å². The number of aromatic nitrogens is 2. The molecule has 4 rings (SSSR count). The number of hydrogen-bond donors (Lipinski definition) is 2. The molecule has 1 aliphatic heterocycles. The summed E-state index contributed by atoms with van der Waals surface area (Å²) in [5.74, 6) is 0.726. The topological polar surface area (TPSA) is 70.4 Å². The lowest BCUT2D eigenvalue weighted by atomic mass is 10.0. The van der Waals surface area contributed by atoms with E-state index >= 15 is 0 Å². The van der Waals surface area contributed by atoms with E-state index in [0.717, 1.165) is 48.3 Å². The number of aryl methyl sites for hydroxylation is 1. The predicted molar refractivity (Wildman–Crippen MR) is 110 cm³/mol. The molecule has 3 aromatic rings. The van der Waals surface area contributed by atoms with Crippen molar-refractivity contribution in [1.29, 1.82) is 0 Å². The van der Waals surface area contributed by atoms with Crippen LogP contribution in [-0.2, 0) is 4.74 Å². The van der Waals surface area contributed by atoms with E-state index in [9.17, 15) is 4.79 Å². The smallest absolute Gasteiger partial charge is 0.257 e. The highest BCUT2D eigenvalue weighted by Crippen LogP contribution is 2.32. The van der Waals surface area contributed by atoms with Crippen LogP contribution in [-0.4, -0.2) is 41.2 Å². The maximum atomic E-state index is 12.4. The Morgan fingerprint density at radius 1 is 1.18 bits per heavy atom. The van der Waals surface area contributed by atoms with Gasteiger partial charge in [-0.2, -0.15) is 0 Å². The molecular weight excluding hydrogens is 378 g/mol. The van der Waals surface area contributed by atoms with Crippen LogP contribution in [0.2, 0.25) is 5.02 Å². The SMILES string of the molecule is COC(c1c[nH]c2c(C)c[nH]c(=O)c12)N1CCC(Oc2ccccc2Cl)CC1. The third-order valence-corrected chi connectivity index (χ3v) is 5.69. The molecule has 0 aliphatic carbocycles. The molecule has 3 heterocycles. The highest BCUT2D eigenvalue weighted by Gasteiger charge is 2.29. The first-order valence-electron chi connectivity index (χ1n) is 9.45. The number of likely N-dealkylation sites (tertiary alicyclic amines) is 1. The summed E-state index contributed by atoms with van der Waals surface area (Å²) in [6, 6.07) is 7.55. The lowest BCUT2D eigenvalue weighted by Gasteiger charge is -2.36. The number of methoxy groups -OCH3 is 1. The zero-order chi connectivity index (χ0) is 19.7. The van der Waals surface area contributed by atoms with E-state index in [1.807, 2.05) is 37.4 Å². The monoisotopic (exact) mass is 401 g/mol. The van der Waals surface area contributed by atoms with Crippen molar-refractivity contribution in [3.05, 3.63) is 63.2 Å². The molecule has 0 saturated carbocycles. The van der Waals surface area contributed by atoms with Gasteiger partial charge in [-0.05, 0) is 37.5 Å². The number of H-pyrrole nitrogens is 2. The highest BCUT2D eigenvalue weighted by molar-refractivity contribution is 6.32. The molecule has 2 N–H and O–H groups in total. The van der Waals surface area contributed by atoms with Crippen LogP contribution in [0.4, 0.5) is 0 Å². The van der Waals surface area contributed by atoms with Crippen LogP contribution in [0, 0.1) is 6.92 Å². The summed E-state index contributed by atoms with van der Waals surface area (Å²) in [4.78, 5) is 20.7. The maximum absolute atomic E-state index is 12.4. The number of aromatic amines is 2. The third kappa shape index (κ3) is 3.55. The summed E-state index contributed by atoms with van der Waals surface area (Å²) >= 11 is 6.20. The molecule has 0 radical (unpaired) electrons. The van der Waals surface area contributed by atoms with Gasteiger partial charge in [-0.3, -0.25) is 9.69 Å². The summed E-state index contributed by atoms with van der Waals surface area (Å²) in [6.45, 7) is 3.59. The van der Waals surface area contributed by atoms with E-state index in [-0.39, 0.29) is 17.9 Å². The lowest BCUT2D eigenvalue weighted by molar-refractivity contribution is -0.0570. The molecule has 1 saturated heterocycles. The van der Waals surface area contributed by atoms with Crippen LogP contribution in [0.1, 0.15) is 30.2 Å². The van der Waals surface area contributed by atoms with E-state index < -0.39 is 0 Å². The Morgan fingerprint density at radius 3 is 2.64 bits per heavy atom. The molecule has 1 atom stereocenters. The molecular formula is C21H24ClN3O3. The number of nitrogens with one attached hydrogen (secondary N) is 2. The molecule has 1 aromatic carbocycles. The molecule has 1 fully saturated rings. The number of rotatable bonds is 5. The van der Waals surface area contributed by atoms with Gasteiger partial charge in [0.1, 0.15) is 18.1 Å². The van der Waals surface area contributed by atoms with Crippen LogP contribution in [0.25, 0.3) is 10.9 Å². The Balaban J connectivity index is 1.50. The first-order valence-corrected chi connectivity index (χ1v) is 9.83. The van der Waals surface area contributed by atoms with Gasteiger partial charge < -0.3 is 19.4 Å². The minimum absolute atomic E-state index is 0.101. The summed E-state index contributed by atoms with van der Waals surface area (Å²) in [7, 11) is 1.68. The quantitative estimate of drug-likeness (QED) is 0.677. The van der Waals surface area contributed by atoms with Crippen LogP contribution < -0.4 is 10.3 Å². The molecule has 1 aliphatic rings. The van der Waals surface area contributed by atoms with Crippen molar-refractivity contribution in [3.63, 3.8) is 0 Å². The summed E-state index contributed by atoms with van der Waals surface area (Å²) < 4.78 is 11.9. The average molecular weight is 402 g/mol. The zero-order valence-electron chi connectivity index (χ0n) is 16.0. The van der Waals surface area contributed by atoms with Gasteiger partial charge in [0.15, 0.2) is 0 Å². The largest absolute Gasteiger partial charge is 0.489 e. The second-order valence-electron chi connectivity index (χ2n) is 7.17. The van der Waals surface area contributed by atoms with Crippen molar-refractivity contribution in [2.75, 3.05) is 20.2 Å². The lowest BCUT2D eigenvalue weighted by Crippen LogP contribution is -2.41. The standard InChI is InChI=1S/C21H24ClN3O3/c1-13-11-24-20(26)18-15(12-23-19(13)18)21(27-2)25-9-7-14(8-10-25)28-17-6-4-3-5-16(17)22/h3-6,11-12,14,21,23H,7-10H2,1-2H3,(H,24,26). The van der Waals surface area contributed by atoms with Gasteiger partial charge in [0.2, 0.25) is 0 Å². The summed E-state index contributed by atoms with van der Waals surface area (Å²) in [6.07, 6.45) is 5.17. The molecule has 1 unspecified atom stereocenters. The number of ether oxygens (including phenoxy) is 2. The number of piperidine rings is 1. The van der Waals surface area contributed by atoms with Gasteiger partial charge in [0.25, 0.3) is 5.56 Å². The number of para-hydroxylation sites is 1. The normalized spacial score (nSPS) is 17.1. The van der Waals surface area contributed by atoms with E-state index in [1.165, 1.54) is 0 Å². The Kier molecular flexibility index (Phi) is 5.44. The summed E-state index contributed by atoms with van der Waals surface area (Å²) in [5, 5.41) is 1.30. The third-order valence-electron chi connectivity index (χ3n) is 5.38. The van der Waals surface area contributed by atoms with E-state index in [1.54, 1.807) is 13.3 Å². The number of halogens is 1. The van der Waals surface area contributed by atoms with Gasteiger partial charge in [0, 0.05) is 38.2 Å². The van der Waals surface area contributed by atoms with Crippen molar-refractivity contribution >= 4 is 22.5 Å². The van der Waals surface area contributed by atoms with Crippen molar-refractivity contribution in [2.45, 2.75) is 32.1 Å². The van der Waals surface area contributed by atoms with Crippen molar-refractivity contribution in [1.82, 2.24) is 14.9 Å².